The number of carbonyl (C=O) groups excluding carboxylic acids is 1. The van der Waals surface area contributed by atoms with Crippen LogP contribution in [0.25, 0.3) is 0 Å². The molecule has 1 atom stereocenters. The Bertz CT molecular complexity index is 379. The van der Waals surface area contributed by atoms with Gasteiger partial charge in [-0.2, -0.15) is 0 Å². The third-order valence-electron chi connectivity index (χ3n) is 2.40. The fraction of sp³-hybridized carbons (Fsp3) is 0.462. The van der Waals surface area contributed by atoms with Crippen molar-refractivity contribution in [2.24, 2.45) is 5.92 Å². The van der Waals surface area contributed by atoms with Gasteiger partial charge < -0.3 is 10.4 Å². The Morgan fingerprint density at radius 2 is 2.18 bits per heavy atom. The lowest BCUT2D eigenvalue weighted by molar-refractivity contribution is 0.0908. The predicted octanol–water partition coefficient (Wildman–Crippen LogP) is 2.43. The molecule has 0 saturated heterocycles. The number of halogens is 1. The van der Waals surface area contributed by atoms with E-state index in [2.05, 4.69) is 41.8 Å². The lowest BCUT2D eigenvalue weighted by Crippen LogP contribution is -2.38. The Morgan fingerprint density at radius 1 is 1.47 bits per heavy atom. The molecule has 1 aromatic rings. The van der Waals surface area contributed by atoms with E-state index in [9.17, 15) is 9.90 Å². The summed E-state index contributed by atoms with van der Waals surface area (Å²) in [5.41, 5.74) is 0.638. The average Bonchev–Trinajstić information content (AvgIpc) is 2.27. The van der Waals surface area contributed by atoms with E-state index in [0.717, 1.165) is 9.99 Å². The van der Waals surface area contributed by atoms with Crippen LogP contribution in [0.2, 0.25) is 0 Å². The first-order valence-electron chi connectivity index (χ1n) is 5.70. The van der Waals surface area contributed by atoms with Gasteiger partial charge in [0.1, 0.15) is 0 Å². The zero-order chi connectivity index (χ0) is 12.8. The molecule has 1 aromatic carbocycles. The molecule has 0 fully saturated rings. The summed E-state index contributed by atoms with van der Waals surface area (Å²) in [6, 6.07) is 7.24. The zero-order valence-corrected chi connectivity index (χ0v) is 12.3. The van der Waals surface area contributed by atoms with Crippen molar-refractivity contribution in [1.29, 1.82) is 0 Å². The van der Waals surface area contributed by atoms with Crippen molar-refractivity contribution in [2.45, 2.75) is 26.3 Å². The number of hydrogen-bond acceptors (Lipinski definition) is 2. The van der Waals surface area contributed by atoms with Crippen LogP contribution in [0.1, 0.15) is 30.6 Å². The average molecular weight is 347 g/mol. The number of nitrogens with one attached hydrogen (secondary N) is 1. The second kappa shape index (κ2) is 6.96. The summed E-state index contributed by atoms with van der Waals surface area (Å²) < 4.78 is 1.03. The Morgan fingerprint density at radius 3 is 2.71 bits per heavy atom. The van der Waals surface area contributed by atoms with Crippen LogP contribution in [0.3, 0.4) is 0 Å². The number of hydrogen-bond donors (Lipinski definition) is 2. The van der Waals surface area contributed by atoms with E-state index >= 15 is 0 Å². The van der Waals surface area contributed by atoms with Crippen molar-refractivity contribution in [3.05, 3.63) is 33.4 Å². The van der Waals surface area contributed by atoms with Crippen molar-refractivity contribution in [1.82, 2.24) is 5.32 Å². The van der Waals surface area contributed by atoms with Gasteiger partial charge in [0.05, 0.1) is 12.6 Å². The molecule has 1 rings (SSSR count). The molecule has 0 saturated carbocycles. The predicted molar refractivity (Wildman–Crippen MR) is 77.0 cm³/mol. The molecule has 2 N–H and O–H groups in total. The normalized spacial score (nSPS) is 12.5. The SMILES string of the molecule is CC(C)CC(CO)NC(=O)c1cccc(I)c1. The maximum atomic E-state index is 11.9. The van der Waals surface area contributed by atoms with Gasteiger partial charge in [0.2, 0.25) is 0 Å². The smallest absolute Gasteiger partial charge is 0.251 e. The first kappa shape index (κ1) is 14.4. The van der Waals surface area contributed by atoms with Crippen LogP contribution in [-0.4, -0.2) is 23.7 Å². The minimum Gasteiger partial charge on any atom is -0.394 e. The maximum absolute atomic E-state index is 11.9. The second-order valence-corrected chi connectivity index (χ2v) is 5.74. The summed E-state index contributed by atoms with van der Waals surface area (Å²) in [6.07, 6.45) is 0.784. The molecule has 0 bridgehead atoms. The van der Waals surface area contributed by atoms with Gasteiger partial charge in [0.15, 0.2) is 0 Å². The minimum atomic E-state index is -0.166. The molecular formula is C13H18INO2. The van der Waals surface area contributed by atoms with E-state index in [-0.39, 0.29) is 18.6 Å². The summed E-state index contributed by atoms with van der Waals surface area (Å²) in [4.78, 5) is 11.9. The maximum Gasteiger partial charge on any atom is 0.251 e. The Kier molecular flexibility index (Phi) is 5.91. The number of rotatable bonds is 5. The van der Waals surface area contributed by atoms with Crippen LogP contribution < -0.4 is 5.32 Å². The van der Waals surface area contributed by atoms with Gasteiger partial charge in [-0.25, -0.2) is 0 Å². The first-order chi connectivity index (χ1) is 8.02. The van der Waals surface area contributed by atoms with E-state index in [1.165, 1.54) is 0 Å². The highest BCUT2D eigenvalue weighted by Crippen LogP contribution is 2.09. The van der Waals surface area contributed by atoms with Crippen LogP contribution in [-0.2, 0) is 0 Å². The van der Waals surface area contributed by atoms with Crippen molar-refractivity contribution in [2.75, 3.05) is 6.61 Å². The fourth-order valence-corrected chi connectivity index (χ4v) is 2.19. The number of amides is 1. The van der Waals surface area contributed by atoms with Crippen molar-refractivity contribution in [3.63, 3.8) is 0 Å². The summed E-state index contributed by atoms with van der Waals surface area (Å²) in [5.74, 6) is 0.326. The molecule has 0 radical (unpaired) electrons. The second-order valence-electron chi connectivity index (χ2n) is 4.49. The molecular weight excluding hydrogens is 329 g/mol. The minimum absolute atomic E-state index is 0.0200. The largest absolute Gasteiger partial charge is 0.394 e. The van der Waals surface area contributed by atoms with Gasteiger partial charge in [0, 0.05) is 9.13 Å². The molecule has 4 heteroatoms. The van der Waals surface area contributed by atoms with E-state index in [1.54, 1.807) is 6.07 Å². The number of aliphatic hydroxyl groups excluding tert-OH is 1. The number of benzene rings is 1. The van der Waals surface area contributed by atoms with Crippen molar-refractivity contribution in [3.8, 4) is 0 Å². The summed E-state index contributed by atoms with van der Waals surface area (Å²) in [6.45, 7) is 4.12. The molecule has 0 aliphatic heterocycles. The molecule has 17 heavy (non-hydrogen) atoms. The van der Waals surface area contributed by atoms with E-state index in [4.69, 9.17) is 0 Å². The van der Waals surface area contributed by atoms with Crippen LogP contribution in [0, 0.1) is 9.49 Å². The highest BCUT2D eigenvalue weighted by molar-refractivity contribution is 14.1. The highest BCUT2D eigenvalue weighted by Gasteiger charge is 2.14. The van der Waals surface area contributed by atoms with E-state index < -0.39 is 0 Å². The van der Waals surface area contributed by atoms with Gasteiger partial charge in [0.25, 0.3) is 5.91 Å². The quantitative estimate of drug-likeness (QED) is 0.804. The van der Waals surface area contributed by atoms with Crippen LogP contribution >= 0.6 is 22.6 Å². The standard InChI is InChI=1S/C13H18INO2/c1-9(2)6-12(8-16)15-13(17)10-4-3-5-11(14)7-10/h3-5,7,9,12,16H,6,8H2,1-2H3,(H,15,17). The summed E-state index contributed by atoms with van der Waals surface area (Å²) in [7, 11) is 0. The van der Waals surface area contributed by atoms with Crippen molar-refractivity contribution < 1.29 is 9.90 Å². The molecule has 1 amide bonds. The zero-order valence-electron chi connectivity index (χ0n) is 10.1. The van der Waals surface area contributed by atoms with Crippen LogP contribution in [0.15, 0.2) is 24.3 Å². The van der Waals surface area contributed by atoms with Gasteiger partial charge >= 0.3 is 0 Å². The lowest BCUT2D eigenvalue weighted by Gasteiger charge is -2.18. The Labute approximate surface area is 116 Å². The van der Waals surface area contributed by atoms with Crippen molar-refractivity contribution >= 4 is 28.5 Å². The summed E-state index contributed by atoms with van der Waals surface area (Å²) >= 11 is 2.17. The molecule has 0 aliphatic carbocycles. The Balaban J connectivity index is 2.64. The lowest BCUT2D eigenvalue weighted by atomic mass is 10.0. The van der Waals surface area contributed by atoms with Gasteiger partial charge in [-0.15, -0.1) is 0 Å². The monoisotopic (exact) mass is 347 g/mol. The topological polar surface area (TPSA) is 49.3 Å². The molecule has 94 valence electrons. The van der Waals surface area contributed by atoms with Gasteiger partial charge in [-0.05, 0) is 53.1 Å². The summed E-state index contributed by atoms with van der Waals surface area (Å²) in [5, 5.41) is 12.1. The van der Waals surface area contributed by atoms with Crippen LogP contribution in [0.5, 0.6) is 0 Å². The first-order valence-corrected chi connectivity index (χ1v) is 6.78. The van der Waals surface area contributed by atoms with Gasteiger partial charge in [-0.1, -0.05) is 19.9 Å². The van der Waals surface area contributed by atoms with E-state index in [0.29, 0.717) is 11.5 Å². The molecule has 0 spiro atoms. The van der Waals surface area contributed by atoms with E-state index in [1.807, 2.05) is 18.2 Å². The molecule has 3 nitrogen and oxygen atoms in total. The highest BCUT2D eigenvalue weighted by atomic mass is 127. The van der Waals surface area contributed by atoms with Gasteiger partial charge in [-0.3, -0.25) is 4.79 Å². The fourth-order valence-electron chi connectivity index (χ4n) is 1.65. The Hall–Kier alpha value is -0.620. The van der Waals surface area contributed by atoms with Crippen LogP contribution in [0.4, 0.5) is 0 Å². The molecule has 0 aromatic heterocycles. The third-order valence-corrected chi connectivity index (χ3v) is 3.07. The number of carbonyl (C=O) groups is 1. The molecule has 1 unspecified atom stereocenters. The molecule has 0 aliphatic rings. The third kappa shape index (κ3) is 5.04. The molecule has 0 heterocycles. The number of aliphatic hydroxyl groups is 1.